The van der Waals surface area contributed by atoms with Gasteiger partial charge in [-0.1, -0.05) is 0 Å². The molecule has 2 N–H and O–H groups in total. The molecule has 1 aromatic rings. The molecular weight excluding hydrogens is 187 g/mol. The summed E-state index contributed by atoms with van der Waals surface area (Å²) in [5, 5.41) is 8.71. The van der Waals surface area contributed by atoms with Gasteiger partial charge in [-0.3, -0.25) is 4.55 Å². The molecule has 1 rings (SSSR count). The molecule has 4 nitrogen and oxygen atoms in total. The first-order valence-corrected chi connectivity index (χ1v) is 4.31. The lowest BCUT2D eigenvalue weighted by Crippen LogP contribution is -1.97. The predicted octanol–water partition coefficient (Wildman–Crippen LogP) is 0.778. The van der Waals surface area contributed by atoms with Gasteiger partial charge in [-0.15, -0.1) is 0 Å². The van der Waals surface area contributed by atoms with E-state index in [0.29, 0.717) is 6.07 Å². The van der Waals surface area contributed by atoms with Crippen LogP contribution in [0.15, 0.2) is 23.1 Å². The van der Waals surface area contributed by atoms with Crippen LogP contribution in [-0.4, -0.2) is 18.1 Å². The van der Waals surface area contributed by atoms with Crippen molar-refractivity contribution in [2.24, 2.45) is 0 Å². The minimum absolute atomic E-state index is 0.540. The van der Waals surface area contributed by atoms with Crippen molar-refractivity contribution in [1.82, 2.24) is 0 Å². The van der Waals surface area contributed by atoms with Crippen molar-refractivity contribution in [2.45, 2.75) is 4.90 Å². The molecule has 0 aliphatic rings. The predicted molar refractivity (Wildman–Crippen MR) is 37.9 cm³/mol. The highest BCUT2D eigenvalue weighted by Crippen LogP contribution is 2.19. The van der Waals surface area contributed by atoms with Gasteiger partial charge in [0.15, 0.2) is 11.6 Å². The topological polar surface area (TPSA) is 74.6 Å². The molecule has 0 aliphatic carbocycles. The zero-order valence-electron chi connectivity index (χ0n) is 5.73. The van der Waals surface area contributed by atoms with E-state index in [4.69, 9.17) is 9.66 Å². The number of phenolic OH excluding ortho intramolecular Hbond substituents is 1. The molecule has 6 heteroatoms. The summed E-state index contributed by atoms with van der Waals surface area (Å²) in [6.45, 7) is 0. The summed E-state index contributed by atoms with van der Waals surface area (Å²) < 4.78 is 41.6. The Labute approximate surface area is 68.0 Å². The molecule has 0 radical (unpaired) electrons. The lowest BCUT2D eigenvalue weighted by atomic mass is 10.3. The van der Waals surface area contributed by atoms with Gasteiger partial charge in [-0.05, 0) is 12.1 Å². The third-order valence-corrected chi connectivity index (χ3v) is 2.07. The monoisotopic (exact) mass is 192 g/mol. The Morgan fingerprint density at radius 1 is 1.33 bits per heavy atom. The summed E-state index contributed by atoms with van der Waals surface area (Å²) in [5.41, 5.74) is 0. The highest BCUT2D eigenvalue weighted by atomic mass is 32.2. The van der Waals surface area contributed by atoms with Gasteiger partial charge in [0.2, 0.25) is 0 Å². The third-order valence-electron chi connectivity index (χ3n) is 1.22. The molecule has 0 amide bonds. The lowest BCUT2D eigenvalue weighted by molar-refractivity contribution is 0.428. The van der Waals surface area contributed by atoms with Crippen LogP contribution in [0.2, 0.25) is 0 Å². The van der Waals surface area contributed by atoms with Crippen LogP contribution < -0.4 is 0 Å². The van der Waals surface area contributed by atoms with E-state index >= 15 is 0 Å². The highest BCUT2D eigenvalue weighted by molar-refractivity contribution is 7.85. The second-order valence-corrected chi connectivity index (χ2v) is 3.51. The number of aromatic hydroxyl groups is 1. The average molecular weight is 192 g/mol. The summed E-state index contributed by atoms with van der Waals surface area (Å²) in [6, 6.07) is 2.23. The maximum absolute atomic E-state index is 12.4. The summed E-state index contributed by atoms with van der Waals surface area (Å²) in [5.74, 6) is -1.76. The van der Waals surface area contributed by atoms with E-state index in [9.17, 15) is 12.8 Å². The van der Waals surface area contributed by atoms with Crippen LogP contribution in [0.4, 0.5) is 4.39 Å². The van der Waals surface area contributed by atoms with Gasteiger partial charge in [0.05, 0.1) is 4.90 Å². The molecule has 1 aromatic carbocycles. The second kappa shape index (κ2) is 2.72. The number of halogens is 1. The van der Waals surface area contributed by atoms with Crippen molar-refractivity contribution in [3.8, 4) is 5.75 Å². The van der Waals surface area contributed by atoms with Gasteiger partial charge < -0.3 is 5.11 Å². The fraction of sp³-hybridized carbons (Fsp3) is 0. The molecule has 0 heterocycles. The van der Waals surface area contributed by atoms with Gasteiger partial charge in [-0.2, -0.15) is 8.42 Å². The largest absolute Gasteiger partial charge is 0.505 e. The van der Waals surface area contributed by atoms with Crippen LogP contribution in [0.1, 0.15) is 0 Å². The minimum Gasteiger partial charge on any atom is -0.505 e. The van der Waals surface area contributed by atoms with Crippen LogP contribution in [0.25, 0.3) is 0 Å². The van der Waals surface area contributed by atoms with Crippen LogP contribution in [0, 0.1) is 5.82 Å². The minimum atomic E-state index is -4.37. The molecule has 66 valence electrons. The van der Waals surface area contributed by atoms with Crippen LogP contribution >= 0.6 is 0 Å². The number of benzene rings is 1. The first kappa shape index (κ1) is 8.95. The molecule has 12 heavy (non-hydrogen) atoms. The first-order valence-electron chi connectivity index (χ1n) is 2.87. The zero-order valence-corrected chi connectivity index (χ0v) is 6.55. The molecule has 0 saturated heterocycles. The Bertz CT molecular complexity index is 398. The molecule has 0 unspecified atom stereocenters. The van der Waals surface area contributed by atoms with Crippen molar-refractivity contribution in [1.29, 1.82) is 0 Å². The van der Waals surface area contributed by atoms with E-state index in [-0.39, 0.29) is 0 Å². The number of rotatable bonds is 1. The normalized spacial score (nSPS) is 11.5. The average Bonchev–Trinajstić information content (AvgIpc) is 1.92. The lowest BCUT2D eigenvalue weighted by Gasteiger charge is -1.97. The fourth-order valence-electron chi connectivity index (χ4n) is 0.653. The Morgan fingerprint density at radius 3 is 2.33 bits per heavy atom. The number of phenols is 1. The maximum Gasteiger partial charge on any atom is 0.294 e. The molecule has 0 aliphatic heterocycles. The van der Waals surface area contributed by atoms with Gasteiger partial charge in [0.25, 0.3) is 10.1 Å². The van der Waals surface area contributed by atoms with Gasteiger partial charge in [0, 0.05) is 6.07 Å². The van der Waals surface area contributed by atoms with E-state index < -0.39 is 26.6 Å². The zero-order chi connectivity index (χ0) is 9.35. The van der Waals surface area contributed by atoms with E-state index in [1.54, 1.807) is 0 Å². The van der Waals surface area contributed by atoms with Crippen LogP contribution in [0.5, 0.6) is 5.75 Å². The summed E-state index contributed by atoms with van der Waals surface area (Å²) >= 11 is 0. The third kappa shape index (κ3) is 1.72. The molecule has 0 fully saturated rings. The maximum atomic E-state index is 12.4. The number of hydrogen-bond donors (Lipinski definition) is 2. The van der Waals surface area contributed by atoms with Crippen molar-refractivity contribution in [2.75, 3.05) is 0 Å². The van der Waals surface area contributed by atoms with Crippen molar-refractivity contribution in [3.63, 3.8) is 0 Å². The highest BCUT2D eigenvalue weighted by Gasteiger charge is 2.11. The van der Waals surface area contributed by atoms with Crippen LogP contribution in [0.3, 0.4) is 0 Å². The van der Waals surface area contributed by atoms with Crippen molar-refractivity contribution in [3.05, 3.63) is 24.0 Å². The molecular formula is C6H5FO4S. The van der Waals surface area contributed by atoms with Crippen molar-refractivity contribution >= 4 is 10.1 Å². The summed E-state index contributed by atoms with van der Waals surface area (Å²) in [7, 11) is -4.37. The van der Waals surface area contributed by atoms with E-state index in [0.717, 1.165) is 12.1 Å². The molecule has 0 saturated carbocycles. The van der Waals surface area contributed by atoms with E-state index in [2.05, 4.69) is 0 Å². The summed E-state index contributed by atoms with van der Waals surface area (Å²) in [4.78, 5) is -0.540. The van der Waals surface area contributed by atoms with E-state index in [1.807, 2.05) is 0 Å². The van der Waals surface area contributed by atoms with Crippen LogP contribution in [-0.2, 0) is 10.1 Å². The second-order valence-electron chi connectivity index (χ2n) is 2.09. The fourth-order valence-corrected chi connectivity index (χ4v) is 1.15. The Balaban J connectivity index is 3.33. The molecule has 0 atom stereocenters. The van der Waals surface area contributed by atoms with Gasteiger partial charge >= 0.3 is 0 Å². The smallest absolute Gasteiger partial charge is 0.294 e. The molecule has 0 aromatic heterocycles. The Hall–Kier alpha value is -1.14. The Kier molecular flexibility index (Phi) is 2.03. The van der Waals surface area contributed by atoms with Crippen molar-refractivity contribution < 1.29 is 22.5 Å². The number of hydrogen-bond acceptors (Lipinski definition) is 3. The summed E-state index contributed by atoms with van der Waals surface area (Å²) in [6.07, 6.45) is 0. The first-order chi connectivity index (χ1) is 5.41. The molecule has 0 bridgehead atoms. The van der Waals surface area contributed by atoms with Gasteiger partial charge in [0.1, 0.15) is 0 Å². The van der Waals surface area contributed by atoms with Gasteiger partial charge in [-0.25, -0.2) is 4.39 Å². The quantitative estimate of drug-likeness (QED) is 0.644. The molecule has 0 spiro atoms. The van der Waals surface area contributed by atoms with E-state index in [1.165, 1.54) is 0 Å². The SMILES string of the molecule is O=S(=O)(O)c1ccc(F)c(O)c1. The standard InChI is InChI=1S/C6H5FO4S/c7-5-2-1-4(3-6(5)8)12(9,10)11/h1-3,8H,(H,9,10,11). The Morgan fingerprint density at radius 2 is 1.92 bits per heavy atom.